The van der Waals surface area contributed by atoms with E-state index in [0.717, 1.165) is 0 Å². The summed E-state index contributed by atoms with van der Waals surface area (Å²) in [5, 5.41) is 36.7. The third kappa shape index (κ3) is 5.76. The van der Waals surface area contributed by atoms with Crippen molar-refractivity contribution < 1.29 is 39.4 Å². The molecule has 2 aliphatic rings. The number of allylic oxidation sites excluding steroid dienone is 1. The molecular formula is C22H29NO8. The Morgan fingerprint density at radius 2 is 1.81 bits per heavy atom. The lowest BCUT2D eigenvalue weighted by atomic mass is 9.99. The van der Waals surface area contributed by atoms with Gasteiger partial charge in [-0.05, 0) is 18.2 Å². The summed E-state index contributed by atoms with van der Waals surface area (Å²) in [7, 11) is 0. The number of carbonyl (C=O) groups excluding carboxylic acids is 1. The SMILES string of the molecule is CC(=O)N1c2ccc(OCCC(O)CO)cc2OC2C=C(OCCC(O)CO)C=CC21. The number of benzene rings is 1. The normalized spacial score (nSPS) is 21.3. The molecule has 1 aromatic rings. The number of anilines is 1. The molecule has 1 amide bonds. The van der Waals surface area contributed by atoms with Gasteiger partial charge in [0, 0.05) is 31.9 Å². The number of carbonyl (C=O) groups is 1. The van der Waals surface area contributed by atoms with Crippen molar-refractivity contribution in [3.63, 3.8) is 0 Å². The van der Waals surface area contributed by atoms with E-state index in [4.69, 9.17) is 24.4 Å². The minimum absolute atomic E-state index is 0.132. The molecule has 4 unspecified atom stereocenters. The van der Waals surface area contributed by atoms with Gasteiger partial charge in [-0.15, -0.1) is 0 Å². The number of hydrogen-bond acceptors (Lipinski definition) is 8. The molecule has 0 saturated carbocycles. The number of ether oxygens (including phenoxy) is 3. The second kappa shape index (κ2) is 10.6. The fourth-order valence-electron chi connectivity index (χ4n) is 3.42. The van der Waals surface area contributed by atoms with E-state index >= 15 is 0 Å². The van der Waals surface area contributed by atoms with Gasteiger partial charge in [-0.3, -0.25) is 9.69 Å². The average Bonchev–Trinajstić information content (AvgIpc) is 2.76. The van der Waals surface area contributed by atoms with Gasteiger partial charge in [0.15, 0.2) is 0 Å². The molecule has 0 saturated heterocycles. The maximum atomic E-state index is 12.4. The van der Waals surface area contributed by atoms with Gasteiger partial charge in [-0.2, -0.15) is 0 Å². The van der Waals surface area contributed by atoms with Gasteiger partial charge in [0.05, 0.1) is 50.4 Å². The number of hydrogen-bond donors (Lipinski definition) is 4. The minimum atomic E-state index is -0.834. The summed E-state index contributed by atoms with van der Waals surface area (Å²) in [6.45, 7) is 1.31. The van der Waals surface area contributed by atoms with Crippen molar-refractivity contribution in [2.45, 2.75) is 44.1 Å². The number of aliphatic hydroxyl groups is 4. The van der Waals surface area contributed by atoms with Crippen molar-refractivity contribution in [1.82, 2.24) is 0 Å². The zero-order valence-corrected chi connectivity index (χ0v) is 17.4. The van der Waals surface area contributed by atoms with Gasteiger partial charge < -0.3 is 34.6 Å². The molecule has 0 spiro atoms. The van der Waals surface area contributed by atoms with E-state index < -0.39 is 18.3 Å². The van der Waals surface area contributed by atoms with E-state index in [2.05, 4.69) is 0 Å². The molecule has 9 heteroatoms. The van der Waals surface area contributed by atoms with Crippen LogP contribution in [0.3, 0.4) is 0 Å². The Morgan fingerprint density at radius 1 is 1.13 bits per heavy atom. The molecular weight excluding hydrogens is 406 g/mol. The second-order valence-corrected chi connectivity index (χ2v) is 7.47. The predicted molar refractivity (Wildman–Crippen MR) is 112 cm³/mol. The maximum absolute atomic E-state index is 12.4. The first kappa shape index (κ1) is 23.1. The van der Waals surface area contributed by atoms with Crippen LogP contribution in [0.25, 0.3) is 0 Å². The molecule has 0 aromatic heterocycles. The Labute approximate surface area is 180 Å². The van der Waals surface area contributed by atoms with Crippen molar-refractivity contribution in [2.24, 2.45) is 0 Å². The van der Waals surface area contributed by atoms with E-state index in [1.165, 1.54) is 6.92 Å². The molecule has 1 aromatic carbocycles. The molecule has 4 atom stereocenters. The van der Waals surface area contributed by atoms with E-state index in [-0.39, 0.29) is 44.8 Å². The summed E-state index contributed by atoms with van der Waals surface area (Å²) in [5.41, 5.74) is 0.630. The molecule has 3 rings (SSSR count). The molecule has 4 N–H and O–H groups in total. The zero-order chi connectivity index (χ0) is 22.4. The Morgan fingerprint density at radius 3 is 2.45 bits per heavy atom. The van der Waals surface area contributed by atoms with Gasteiger partial charge in [0.2, 0.25) is 5.91 Å². The van der Waals surface area contributed by atoms with Crippen molar-refractivity contribution in [3.05, 3.63) is 42.2 Å². The van der Waals surface area contributed by atoms with Crippen molar-refractivity contribution in [1.29, 1.82) is 0 Å². The van der Waals surface area contributed by atoms with Gasteiger partial charge in [-0.1, -0.05) is 6.08 Å². The largest absolute Gasteiger partial charge is 0.494 e. The Hall–Kier alpha value is -2.59. The van der Waals surface area contributed by atoms with Gasteiger partial charge in [0.25, 0.3) is 0 Å². The lowest BCUT2D eigenvalue weighted by Gasteiger charge is -2.40. The first-order chi connectivity index (χ1) is 14.9. The molecule has 0 bridgehead atoms. The number of fused-ring (bicyclic) bond motifs is 2. The van der Waals surface area contributed by atoms with Crippen LogP contribution in [0.4, 0.5) is 5.69 Å². The lowest BCUT2D eigenvalue weighted by Crippen LogP contribution is -2.51. The van der Waals surface area contributed by atoms with Gasteiger partial charge in [-0.25, -0.2) is 0 Å². The second-order valence-electron chi connectivity index (χ2n) is 7.47. The molecule has 1 aliphatic carbocycles. The summed E-state index contributed by atoms with van der Waals surface area (Å²) < 4.78 is 17.4. The highest BCUT2D eigenvalue weighted by Gasteiger charge is 2.37. The summed E-state index contributed by atoms with van der Waals surface area (Å²) >= 11 is 0. The molecule has 0 radical (unpaired) electrons. The Bertz CT molecular complexity index is 824. The van der Waals surface area contributed by atoms with E-state index in [1.807, 2.05) is 6.08 Å². The molecule has 1 heterocycles. The van der Waals surface area contributed by atoms with Crippen molar-refractivity contribution in [2.75, 3.05) is 31.3 Å². The highest BCUT2D eigenvalue weighted by molar-refractivity contribution is 5.95. The van der Waals surface area contributed by atoms with Crippen molar-refractivity contribution >= 4 is 11.6 Å². The quantitative estimate of drug-likeness (QED) is 0.418. The number of aliphatic hydroxyl groups excluding tert-OH is 4. The number of amides is 1. The zero-order valence-electron chi connectivity index (χ0n) is 17.4. The molecule has 0 fully saturated rings. The first-order valence-electron chi connectivity index (χ1n) is 10.3. The molecule has 1 aliphatic heterocycles. The lowest BCUT2D eigenvalue weighted by molar-refractivity contribution is -0.117. The van der Waals surface area contributed by atoms with Crippen LogP contribution in [-0.2, 0) is 9.53 Å². The van der Waals surface area contributed by atoms with Crippen LogP contribution in [-0.4, -0.2) is 77.1 Å². The smallest absolute Gasteiger partial charge is 0.224 e. The van der Waals surface area contributed by atoms with Crippen LogP contribution in [0, 0.1) is 0 Å². The van der Waals surface area contributed by atoms with E-state index in [0.29, 0.717) is 29.4 Å². The third-order valence-corrected chi connectivity index (χ3v) is 5.08. The Balaban J connectivity index is 1.73. The van der Waals surface area contributed by atoms with Crippen LogP contribution < -0.4 is 14.4 Å². The van der Waals surface area contributed by atoms with Gasteiger partial charge >= 0.3 is 0 Å². The summed E-state index contributed by atoms with van der Waals surface area (Å²) in [6.07, 6.45) is 3.84. The number of nitrogens with zero attached hydrogens (tertiary/aromatic N) is 1. The summed E-state index contributed by atoms with van der Waals surface area (Å²) in [5.74, 6) is 1.44. The van der Waals surface area contributed by atoms with Crippen molar-refractivity contribution in [3.8, 4) is 11.5 Å². The van der Waals surface area contributed by atoms with Crippen LogP contribution in [0.15, 0.2) is 42.2 Å². The molecule has 31 heavy (non-hydrogen) atoms. The third-order valence-electron chi connectivity index (χ3n) is 5.08. The topological polar surface area (TPSA) is 129 Å². The van der Waals surface area contributed by atoms with Crippen LogP contribution in [0.2, 0.25) is 0 Å². The highest BCUT2D eigenvalue weighted by atomic mass is 16.5. The standard InChI is InChI=1S/C22H29NO8/c1-14(26)23-19-4-2-17(29-8-6-15(27)12-24)10-21(19)31-22-11-18(3-5-20(22)23)30-9-7-16(28)13-25/h2-5,10-11,15-16,19,21,24-25,27-28H,6-9,12-13H2,1H3. The Kier molecular flexibility index (Phi) is 7.91. The average molecular weight is 435 g/mol. The first-order valence-corrected chi connectivity index (χ1v) is 10.3. The minimum Gasteiger partial charge on any atom is -0.494 e. The summed E-state index contributed by atoms with van der Waals surface area (Å²) in [4.78, 5) is 14.0. The van der Waals surface area contributed by atoms with Gasteiger partial charge in [0.1, 0.15) is 23.4 Å². The maximum Gasteiger partial charge on any atom is 0.224 e. The van der Waals surface area contributed by atoms with Crippen LogP contribution >= 0.6 is 0 Å². The number of rotatable bonds is 10. The fraction of sp³-hybridized carbons (Fsp3) is 0.500. The molecule has 170 valence electrons. The van der Waals surface area contributed by atoms with Crippen LogP contribution in [0.1, 0.15) is 19.8 Å². The van der Waals surface area contributed by atoms with Crippen LogP contribution in [0.5, 0.6) is 11.5 Å². The van der Waals surface area contributed by atoms with E-state index in [1.54, 1.807) is 35.3 Å². The molecule has 9 nitrogen and oxygen atoms in total. The predicted octanol–water partition coefficient (Wildman–Crippen LogP) is 0.505. The monoisotopic (exact) mass is 435 g/mol. The fourth-order valence-corrected chi connectivity index (χ4v) is 3.42. The summed E-state index contributed by atoms with van der Waals surface area (Å²) in [6, 6.07) is 4.85. The van der Waals surface area contributed by atoms with E-state index in [9.17, 15) is 15.0 Å². The highest BCUT2D eigenvalue weighted by Crippen LogP contribution is 2.41.